The number of hydrogen-bond donors (Lipinski definition) is 3. The second-order valence-corrected chi connectivity index (χ2v) is 8.44. The van der Waals surface area contributed by atoms with E-state index in [4.69, 9.17) is 0 Å². The molecule has 2 aliphatic heterocycles. The number of aromatic nitrogens is 2. The Morgan fingerprint density at radius 3 is 2.86 bits per heavy atom. The number of fused-ring (bicyclic) bond motifs is 2. The first-order valence-corrected chi connectivity index (χ1v) is 10.4. The second kappa shape index (κ2) is 7.67. The molecule has 4 rings (SSSR count). The van der Waals surface area contributed by atoms with Crippen LogP contribution in [-0.4, -0.2) is 52.4 Å². The van der Waals surface area contributed by atoms with Gasteiger partial charge in [0.2, 0.25) is 5.91 Å². The molecule has 2 amide bonds. The first kappa shape index (κ1) is 19.1. The zero-order valence-electron chi connectivity index (χ0n) is 15.8. The summed E-state index contributed by atoms with van der Waals surface area (Å²) < 4.78 is 0.832. The Balaban J connectivity index is 1.37. The highest BCUT2D eigenvalue weighted by atomic mass is 79.9. The van der Waals surface area contributed by atoms with Crippen LogP contribution in [0.25, 0.3) is 0 Å². The topological polar surface area (TPSA) is 90.1 Å². The van der Waals surface area contributed by atoms with Gasteiger partial charge in [-0.15, -0.1) is 0 Å². The molecule has 1 fully saturated rings. The van der Waals surface area contributed by atoms with Gasteiger partial charge < -0.3 is 20.5 Å². The van der Waals surface area contributed by atoms with Crippen molar-refractivity contribution in [3.05, 3.63) is 52.0 Å². The summed E-state index contributed by atoms with van der Waals surface area (Å²) in [4.78, 5) is 34.9. The predicted molar refractivity (Wildman–Crippen MR) is 109 cm³/mol. The molecule has 2 aliphatic rings. The molecule has 0 radical (unpaired) electrons. The van der Waals surface area contributed by atoms with E-state index in [9.17, 15) is 9.59 Å². The van der Waals surface area contributed by atoms with Gasteiger partial charge in [-0.05, 0) is 38.0 Å². The Labute approximate surface area is 172 Å². The molecule has 1 spiro atoms. The van der Waals surface area contributed by atoms with E-state index in [-0.39, 0.29) is 17.4 Å². The van der Waals surface area contributed by atoms with E-state index < -0.39 is 6.04 Å². The van der Waals surface area contributed by atoms with E-state index in [2.05, 4.69) is 36.5 Å². The van der Waals surface area contributed by atoms with Gasteiger partial charge in [0, 0.05) is 41.8 Å². The van der Waals surface area contributed by atoms with Crippen LogP contribution in [0.3, 0.4) is 0 Å². The van der Waals surface area contributed by atoms with Crippen LogP contribution in [-0.2, 0) is 16.8 Å². The normalized spacial score (nSPS) is 19.1. The molecule has 1 saturated heterocycles. The number of rotatable bonds is 3. The van der Waals surface area contributed by atoms with Crippen molar-refractivity contribution < 1.29 is 9.59 Å². The maximum Gasteiger partial charge on any atom is 0.251 e. The van der Waals surface area contributed by atoms with E-state index in [1.807, 2.05) is 11.0 Å². The minimum atomic E-state index is -0.569. The van der Waals surface area contributed by atoms with Crippen LogP contribution < -0.4 is 10.6 Å². The standard InChI is InChI=1S/C20H24BrN5O2/c1-13(25-18(27)14-3-2-4-15(21)11-14)19(28)26-9-6-20(7-10-26)17-16(5-8-24-20)22-12-23-17/h2-4,11-13,24H,5-10H2,1H3,(H,22,23)(H,25,27)/t13-/m1/s1. The fourth-order valence-electron chi connectivity index (χ4n) is 4.20. The number of halogens is 1. The van der Waals surface area contributed by atoms with E-state index in [0.717, 1.165) is 36.0 Å². The quantitative estimate of drug-likeness (QED) is 0.673. The molecular weight excluding hydrogens is 422 g/mol. The highest BCUT2D eigenvalue weighted by molar-refractivity contribution is 9.10. The number of nitrogens with zero attached hydrogens (tertiary/aromatic N) is 2. The molecular formula is C20H24BrN5O2. The lowest BCUT2D eigenvalue weighted by Gasteiger charge is -2.44. The number of imidazole rings is 1. The molecule has 1 atom stereocenters. The van der Waals surface area contributed by atoms with E-state index in [1.165, 1.54) is 5.69 Å². The van der Waals surface area contributed by atoms with Gasteiger partial charge in [-0.2, -0.15) is 0 Å². The lowest BCUT2D eigenvalue weighted by molar-refractivity contribution is -0.134. The van der Waals surface area contributed by atoms with Gasteiger partial charge in [0.25, 0.3) is 5.91 Å². The first-order chi connectivity index (χ1) is 13.5. The number of H-pyrrole nitrogens is 1. The van der Waals surface area contributed by atoms with E-state index >= 15 is 0 Å². The third-order valence-corrected chi connectivity index (χ3v) is 6.24. The molecule has 7 nitrogen and oxygen atoms in total. The van der Waals surface area contributed by atoms with Crippen LogP contribution in [0, 0.1) is 0 Å². The van der Waals surface area contributed by atoms with Crippen molar-refractivity contribution in [2.75, 3.05) is 19.6 Å². The number of nitrogens with one attached hydrogen (secondary N) is 3. The van der Waals surface area contributed by atoms with Crippen molar-refractivity contribution in [3.8, 4) is 0 Å². The second-order valence-electron chi connectivity index (χ2n) is 7.52. The molecule has 28 heavy (non-hydrogen) atoms. The highest BCUT2D eigenvalue weighted by Crippen LogP contribution is 2.35. The number of likely N-dealkylation sites (tertiary alicyclic amines) is 1. The van der Waals surface area contributed by atoms with Crippen molar-refractivity contribution in [2.24, 2.45) is 0 Å². The molecule has 0 aliphatic carbocycles. The Hall–Kier alpha value is -2.19. The van der Waals surface area contributed by atoms with Gasteiger partial charge in [0.15, 0.2) is 0 Å². The number of carbonyl (C=O) groups excluding carboxylic acids is 2. The zero-order valence-corrected chi connectivity index (χ0v) is 17.4. The summed E-state index contributed by atoms with van der Waals surface area (Å²) in [7, 11) is 0. The van der Waals surface area contributed by atoms with Crippen LogP contribution in [0.2, 0.25) is 0 Å². The van der Waals surface area contributed by atoms with Gasteiger partial charge in [0.1, 0.15) is 6.04 Å². The van der Waals surface area contributed by atoms with Gasteiger partial charge >= 0.3 is 0 Å². The minimum absolute atomic E-state index is 0.0451. The Morgan fingerprint density at radius 1 is 1.32 bits per heavy atom. The Morgan fingerprint density at radius 2 is 2.11 bits per heavy atom. The van der Waals surface area contributed by atoms with Crippen molar-refractivity contribution in [3.63, 3.8) is 0 Å². The molecule has 2 aromatic rings. The van der Waals surface area contributed by atoms with Crippen molar-refractivity contribution in [2.45, 2.75) is 37.8 Å². The van der Waals surface area contributed by atoms with Crippen molar-refractivity contribution in [1.29, 1.82) is 0 Å². The molecule has 0 unspecified atom stereocenters. The fourth-order valence-corrected chi connectivity index (χ4v) is 4.60. The molecule has 3 heterocycles. The molecule has 0 saturated carbocycles. The SMILES string of the molecule is C[C@@H](NC(=O)c1cccc(Br)c1)C(=O)N1CCC2(CC1)NCCc1[nH]cnc12. The lowest BCUT2D eigenvalue weighted by atomic mass is 9.80. The van der Waals surface area contributed by atoms with Gasteiger partial charge in [-0.1, -0.05) is 22.0 Å². The van der Waals surface area contributed by atoms with Gasteiger partial charge in [-0.3, -0.25) is 9.59 Å². The summed E-state index contributed by atoms with van der Waals surface area (Å²) in [6, 6.07) is 6.57. The van der Waals surface area contributed by atoms with Crippen LogP contribution in [0.15, 0.2) is 35.1 Å². The summed E-state index contributed by atoms with van der Waals surface area (Å²) in [6.45, 7) is 3.96. The largest absolute Gasteiger partial charge is 0.348 e. The summed E-state index contributed by atoms with van der Waals surface area (Å²) in [6.07, 6.45) is 4.36. The maximum absolute atomic E-state index is 12.9. The number of aromatic amines is 1. The average Bonchev–Trinajstić information content (AvgIpc) is 3.18. The highest BCUT2D eigenvalue weighted by Gasteiger charge is 2.42. The monoisotopic (exact) mass is 445 g/mol. The van der Waals surface area contributed by atoms with Gasteiger partial charge in [-0.25, -0.2) is 4.98 Å². The predicted octanol–water partition coefficient (Wildman–Crippen LogP) is 1.95. The van der Waals surface area contributed by atoms with Crippen LogP contribution in [0.4, 0.5) is 0 Å². The zero-order chi connectivity index (χ0) is 19.7. The van der Waals surface area contributed by atoms with E-state index in [0.29, 0.717) is 18.7 Å². The van der Waals surface area contributed by atoms with Crippen molar-refractivity contribution in [1.82, 2.24) is 25.5 Å². The summed E-state index contributed by atoms with van der Waals surface area (Å²) in [5.41, 5.74) is 2.69. The first-order valence-electron chi connectivity index (χ1n) is 9.61. The van der Waals surface area contributed by atoms with Crippen molar-refractivity contribution >= 4 is 27.7 Å². The molecule has 1 aromatic heterocycles. The smallest absolute Gasteiger partial charge is 0.251 e. The minimum Gasteiger partial charge on any atom is -0.348 e. The van der Waals surface area contributed by atoms with Gasteiger partial charge in [0.05, 0.1) is 17.6 Å². The van der Waals surface area contributed by atoms with Crippen LogP contribution in [0.5, 0.6) is 0 Å². The lowest BCUT2D eigenvalue weighted by Crippen LogP contribution is -2.57. The Kier molecular flexibility index (Phi) is 5.25. The number of benzene rings is 1. The number of hydrogen-bond acceptors (Lipinski definition) is 4. The third kappa shape index (κ3) is 3.58. The number of carbonyl (C=O) groups is 2. The summed E-state index contributed by atoms with van der Waals surface area (Å²) in [5.74, 6) is -0.290. The summed E-state index contributed by atoms with van der Waals surface area (Å²) in [5, 5.41) is 6.45. The molecule has 1 aromatic carbocycles. The molecule has 0 bridgehead atoms. The number of piperidine rings is 1. The number of amides is 2. The molecule has 3 N–H and O–H groups in total. The molecule has 148 valence electrons. The average molecular weight is 446 g/mol. The van der Waals surface area contributed by atoms with Crippen LogP contribution >= 0.6 is 15.9 Å². The fraction of sp³-hybridized carbons (Fsp3) is 0.450. The van der Waals surface area contributed by atoms with Crippen LogP contribution in [0.1, 0.15) is 41.5 Å². The maximum atomic E-state index is 12.9. The molecule has 8 heteroatoms. The van der Waals surface area contributed by atoms with E-state index in [1.54, 1.807) is 31.5 Å². The Bertz CT molecular complexity index is 888. The third-order valence-electron chi connectivity index (χ3n) is 5.74. The summed E-state index contributed by atoms with van der Waals surface area (Å²) >= 11 is 3.36.